The van der Waals surface area contributed by atoms with Crippen molar-refractivity contribution in [1.29, 1.82) is 0 Å². The predicted molar refractivity (Wildman–Crippen MR) is 104 cm³/mol. The number of benzene rings is 2. The highest BCUT2D eigenvalue weighted by Gasteiger charge is 2.19. The van der Waals surface area contributed by atoms with Gasteiger partial charge in [-0.2, -0.15) is 0 Å². The third-order valence-corrected chi connectivity index (χ3v) is 4.14. The summed E-state index contributed by atoms with van der Waals surface area (Å²) in [5.74, 6) is 0.849. The van der Waals surface area contributed by atoms with Crippen molar-refractivity contribution in [3.63, 3.8) is 0 Å². The summed E-state index contributed by atoms with van der Waals surface area (Å²) in [6.45, 7) is 5.35. The van der Waals surface area contributed by atoms with E-state index < -0.39 is 0 Å². The number of hydrogen-bond acceptors (Lipinski definition) is 3. The van der Waals surface area contributed by atoms with Crippen LogP contribution in [-0.4, -0.2) is 10.6 Å². The quantitative estimate of drug-likeness (QED) is 0.561. The Kier molecular flexibility index (Phi) is 6.03. The Hall–Kier alpha value is -2.65. The summed E-state index contributed by atoms with van der Waals surface area (Å²) in [4.78, 5) is 4.26. The molecule has 0 radical (unpaired) electrons. The van der Waals surface area contributed by atoms with Crippen molar-refractivity contribution in [2.45, 2.75) is 39.1 Å². The minimum Gasteiger partial charge on any atom is -0.487 e. The third-order valence-electron chi connectivity index (χ3n) is 4.14. The largest absolute Gasteiger partial charge is 0.487 e. The van der Waals surface area contributed by atoms with Crippen LogP contribution in [0.15, 0.2) is 79.0 Å². The zero-order valence-electron chi connectivity index (χ0n) is 15.4. The van der Waals surface area contributed by atoms with Gasteiger partial charge in [0.1, 0.15) is 12.4 Å². The van der Waals surface area contributed by atoms with Gasteiger partial charge in [-0.25, -0.2) is 0 Å². The molecule has 26 heavy (non-hydrogen) atoms. The Labute approximate surface area is 155 Å². The molecule has 0 N–H and O–H groups in total. The first-order valence-electron chi connectivity index (χ1n) is 8.90. The summed E-state index contributed by atoms with van der Waals surface area (Å²) in [6.07, 6.45) is 2.62. The second-order valence-electron chi connectivity index (χ2n) is 6.96. The van der Waals surface area contributed by atoms with Crippen molar-refractivity contribution in [2.75, 3.05) is 0 Å². The lowest BCUT2D eigenvalue weighted by Crippen LogP contribution is -2.27. The summed E-state index contributed by atoms with van der Waals surface area (Å²) in [5.41, 5.74) is 3.12. The highest BCUT2D eigenvalue weighted by molar-refractivity contribution is 5.28. The van der Waals surface area contributed by atoms with E-state index in [9.17, 15) is 0 Å². The van der Waals surface area contributed by atoms with Crippen molar-refractivity contribution < 1.29 is 9.47 Å². The van der Waals surface area contributed by atoms with Crippen LogP contribution in [0.2, 0.25) is 0 Å². The van der Waals surface area contributed by atoms with Gasteiger partial charge >= 0.3 is 0 Å². The molecule has 3 aromatic rings. The fourth-order valence-corrected chi connectivity index (χ4v) is 2.74. The van der Waals surface area contributed by atoms with Crippen LogP contribution in [0.25, 0.3) is 0 Å². The molecular weight excluding hydrogens is 322 g/mol. The van der Waals surface area contributed by atoms with E-state index in [2.05, 4.69) is 43.1 Å². The van der Waals surface area contributed by atoms with Crippen LogP contribution in [0.4, 0.5) is 0 Å². The number of pyridine rings is 1. The molecule has 0 aliphatic carbocycles. The average molecular weight is 347 g/mol. The second-order valence-corrected chi connectivity index (χ2v) is 6.96. The number of nitrogens with zero attached hydrogens (tertiary/aromatic N) is 1. The highest BCUT2D eigenvalue weighted by Crippen LogP contribution is 2.21. The SMILES string of the molecule is CC(C)(Cc1ccc(OCc2ccccn2)cc1)OCc1ccccc1. The molecule has 1 aromatic heterocycles. The molecule has 0 atom stereocenters. The van der Waals surface area contributed by atoms with Crippen LogP contribution in [0, 0.1) is 0 Å². The molecule has 0 amide bonds. The Bertz CT molecular complexity index is 783. The van der Waals surface area contributed by atoms with Crippen molar-refractivity contribution in [3.8, 4) is 5.75 Å². The zero-order chi connectivity index (χ0) is 18.2. The predicted octanol–water partition coefficient (Wildman–Crippen LogP) is 5.20. The van der Waals surface area contributed by atoms with Gasteiger partial charge in [-0.1, -0.05) is 48.5 Å². The van der Waals surface area contributed by atoms with Gasteiger partial charge in [0.2, 0.25) is 0 Å². The van der Waals surface area contributed by atoms with Gasteiger partial charge in [-0.15, -0.1) is 0 Å². The Balaban J connectivity index is 1.51. The molecule has 0 saturated carbocycles. The van der Waals surface area contributed by atoms with Crippen LogP contribution in [0.3, 0.4) is 0 Å². The van der Waals surface area contributed by atoms with Gasteiger partial charge in [0, 0.05) is 12.6 Å². The maximum absolute atomic E-state index is 6.12. The number of aromatic nitrogens is 1. The van der Waals surface area contributed by atoms with E-state index in [0.29, 0.717) is 13.2 Å². The van der Waals surface area contributed by atoms with Gasteiger partial charge in [-0.3, -0.25) is 4.98 Å². The first-order valence-corrected chi connectivity index (χ1v) is 8.90. The van der Waals surface area contributed by atoms with Crippen LogP contribution in [0.1, 0.15) is 30.7 Å². The fourth-order valence-electron chi connectivity index (χ4n) is 2.74. The van der Waals surface area contributed by atoms with Gasteiger partial charge in [0.05, 0.1) is 17.9 Å². The molecule has 0 fully saturated rings. The van der Waals surface area contributed by atoms with Crippen LogP contribution < -0.4 is 4.74 Å². The maximum atomic E-state index is 6.12. The topological polar surface area (TPSA) is 31.4 Å². The molecule has 0 saturated heterocycles. The van der Waals surface area contributed by atoms with E-state index in [0.717, 1.165) is 17.9 Å². The molecule has 1 heterocycles. The lowest BCUT2D eigenvalue weighted by Gasteiger charge is -2.25. The van der Waals surface area contributed by atoms with Crippen molar-refractivity contribution >= 4 is 0 Å². The van der Waals surface area contributed by atoms with E-state index >= 15 is 0 Å². The van der Waals surface area contributed by atoms with Crippen molar-refractivity contribution in [3.05, 3.63) is 95.8 Å². The molecule has 3 heteroatoms. The van der Waals surface area contributed by atoms with Gasteiger partial charge in [0.15, 0.2) is 0 Å². The highest BCUT2D eigenvalue weighted by atomic mass is 16.5. The molecule has 134 valence electrons. The molecule has 3 nitrogen and oxygen atoms in total. The zero-order valence-corrected chi connectivity index (χ0v) is 15.4. The Morgan fingerprint density at radius 3 is 2.19 bits per heavy atom. The van der Waals surface area contributed by atoms with E-state index in [1.165, 1.54) is 11.1 Å². The first-order chi connectivity index (χ1) is 12.6. The minimum absolute atomic E-state index is 0.230. The van der Waals surface area contributed by atoms with E-state index in [-0.39, 0.29) is 5.60 Å². The van der Waals surface area contributed by atoms with E-state index in [1.54, 1.807) is 6.20 Å². The van der Waals surface area contributed by atoms with Gasteiger partial charge in [-0.05, 0) is 49.2 Å². The van der Waals surface area contributed by atoms with Gasteiger partial charge in [0.25, 0.3) is 0 Å². The molecule has 2 aromatic carbocycles. The number of hydrogen-bond donors (Lipinski definition) is 0. The van der Waals surface area contributed by atoms with Crippen LogP contribution in [-0.2, 0) is 24.4 Å². The molecule has 0 bridgehead atoms. The smallest absolute Gasteiger partial charge is 0.130 e. The molecule has 3 rings (SSSR count). The monoisotopic (exact) mass is 347 g/mol. The summed E-state index contributed by atoms with van der Waals surface area (Å²) in [6, 6.07) is 24.3. The maximum Gasteiger partial charge on any atom is 0.130 e. The summed E-state index contributed by atoms with van der Waals surface area (Å²) >= 11 is 0. The standard InChI is InChI=1S/C23H25NO2/c1-23(2,26-17-20-8-4-3-5-9-20)16-19-11-13-22(14-12-19)25-18-21-10-6-7-15-24-21/h3-15H,16-18H2,1-2H3. The summed E-state index contributed by atoms with van der Waals surface area (Å²) in [5, 5.41) is 0. The van der Waals surface area contributed by atoms with E-state index in [4.69, 9.17) is 9.47 Å². The second kappa shape index (κ2) is 8.63. The normalized spacial score (nSPS) is 11.3. The molecule has 0 unspecified atom stereocenters. The number of ether oxygens (including phenoxy) is 2. The van der Waals surface area contributed by atoms with Crippen molar-refractivity contribution in [1.82, 2.24) is 4.98 Å². The van der Waals surface area contributed by atoms with E-state index in [1.807, 2.05) is 48.5 Å². The lowest BCUT2D eigenvalue weighted by molar-refractivity contribution is -0.0287. The molecular formula is C23H25NO2. The lowest BCUT2D eigenvalue weighted by atomic mass is 9.98. The Morgan fingerprint density at radius 1 is 0.769 bits per heavy atom. The Morgan fingerprint density at radius 2 is 1.50 bits per heavy atom. The molecule has 0 aliphatic heterocycles. The van der Waals surface area contributed by atoms with Crippen LogP contribution in [0.5, 0.6) is 5.75 Å². The van der Waals surface area contributed by atoms with Gasteiger partial charge < -0.3 is 9.47 Å². The summed E-state index contributed by atoms with van der Waals surface area (Å²) in [7, 11) is 0. The first kappa shape index (κ1) is 18.2. The molecule has 0 aliphatic rings. The van der Waals surface area contributed by atoms with Crippen molar-refractivity contribution in [2.24, 2.45) is 0 Å². The number of rotatable bonds is 8. The molecule has 0 spiro atoms. The average Bonchev–Trinajstić information content (AvgIpc) is 2.67. The fraction of sp³-hybridized carbons (Fsp3) is 0.261. The third kappa shape index (κ3) is 5.71. The minimum atomic E-state index is -0.230. The summed E-state index contributed by atoms with van der Waals surface area (Å²) < 4.78 is 11.9. The van der Waals surface area contributed by atoms with Crippen LogP contribution >= 0.6 is 0 Å².